The minimum absolute atomic E-state index is 0.178. The van der Waals surface area contributed by atoms with Crippen molar-refractivity contribution in [2.45, 2.75) is 0 Å². The molecule has 2 aliphatic heterocycles. The standard InChI is InChI=1S/C19H15ClN2O4/c20-15-6-5-12(17(23)21-7-9-26-10-8-21)11-16(15)22-18(24)13-3-1-2-4-14(13)19(22)25/h1-6,11H,7-10H2. The predicted molar refractivity (Wildman–Crippen MR) is 95.8 cm³/mol. The summed E-state index contributed by atoms with van der Waals surface area (Å²) in [5.41, 5.74) is 1.26. The Kier molecular flexibility index (Phi) is 4.22. The Morgan fingerprint density at radius 1 is 0.962 bits per heavy atom. The Labute approximate surface area is 154 Å². The van der Waals surface area contributed by atoms with Crippen LogP contribution in [-0.2, 0) is 4.74 Å². The lowest BCUT2D eigenvalue weighted by Crippen LogP contribution is -2.40. The van der Waals surface area contributed by atoms with Gasteiger partial charge in [-0.15, -0.1) is 0 Å². The largest absolute Gasteiger partial charge is 0.378 e. The zero-order chi connectivity index (χ0) is 18.3. The first-order valence-electron chi connectivity index (χ1n) is 8.22. The van der Waals surface area contributed by atoms with E-state index in [-0.39, 0.29) is 16.6 Å². The number of carbonyl (C=O) groups is 3. The van der Waals surface area contributed by atoms with Gasteiger partial charge in [-0.25, -0.2) is 4.90 Å². The van der Waals surface area contributed by atoms with Crippen molar-refractivity contribution in [1.29, 1.82) is 0 Å². The minimum atomic E-state index is -0.441. The maximum absolute atomic E-state index is 12.7. The second-order valence-corrected chi connectivity index (χ2v) is 6.47. The molecule has 0 atom stereocenters. The van der Waals surface area contributed by atoms with Crippen LogP contribution in [0.25, 0.3) is 0 Å². The fraction of sp³-hybridized carbons (Fsp3) is 0.211. The number of hydrogen-bond acceptors (Lipinski definition) is 4. The third-order valence-electron chi connectivity index (χ3n) is 4.53. The van der Waals surface area contributed by atoms with E-state index in [0.29, 0.717) is 43.0 Å². The van der Waals surface area contributed by atoms with Crippen LogP contribution in [0.3, 0.4) is 0 Å². The molecule has 0 N–H and O–H groups in total. The highest BCUT2D eigenvalue weighted by molar-refractivity contribution is 6.40. The van der Waals surface area contributed by atoms with E-state index in [1.807, 2.05) is 0 Å². The molecular formula is C19H15ClN2O4. The van der Waals surface area contributed by atoms with Crippen LogP contribution in [-0.4, -0.2) is 48.9 Å². The number of carbonyl (C=O) groups excluding carboxylic acids is 3. The molecule has 0 aromatic heterocycles. The summed E-state index contributed by atoms with van der Waals surface area (Å²) in [6.07, 6.45) is 0. The lowest BCUT2D eigenvalue weighted by atomic mass is 10.1. The zero-order valence-electron chi connectivity index (χ0n) is 13.8. The van der Waals surface area contributed by atoms with E-state index in [1.165, 1.54) is 12.1 Å². The van der Waals surface area contributed by atoms with Crippen LogP contribution in [0.1, 0.15) is 31.1 Å². The van der Waals surface area contributed by atoms with E-state index in [4.69, 9.17) is 16.3 Å². The highest BCUT2D eigenvalue weighted by Crippen LogP contribution is 2.34. The smallest absolute Gasteiger partial charge is 0.266 e. The van der Waals surface area contributed by atoms with Crippen LogP contribution >= 0.6 is 11.6 Å². The highest BCUT2D eigenvalue weighted by Gasteiger charge is 2.37. The molecule has 1 fully saturated rings. The Hall–Kier alpha value is -2.70. The van der Waals surface area contributed by atoms with Gasteiger partial charge in [0.15, 0.2) is 0 Å². The van der Waals surface area contributed by atoms with Crippen molar-refractivity contribution in [3.05, 3.63) is 64.2 Å². The number of rotatable bonds is 2. The van der Waals surface area contributed by atoms with Gasteiger partial charge in [0.1, 0.15) is 0 Å². The molecule has 3 amide bonds. The van der Waals surface area contributed by atoms with E-state index < -0.39 is 11.8 Å². The van der Waals surface area contributed by atoms with E-state index >= 15 is 0 Å². The Bertz CT molecular complexity index is 887. The van der Waals surface area contributed by atoms with Gasteiger partial charge in [0.05, 0.1) is 35.1 Å². The van der Waals surface area contributed by atoms with Gasteiger partial charge in [-0.05, 0) is 30.3 Å². The molecule has 1 saturated heterocycles. The fourth-order valence-electron chi connectivity index (χ4n) is 3.17. The summed E-state index contributed by atoms with van der Waals surface area (Å²) < 4.78 is 5.26. The van der Waals surface area contributed by atoms with E-state index in [0.717, 1.165) is 4.90 Å². The second kappa shape index (κ2) is 6.55. The summed E-state index contributed by atoms with van der Waals surface area (Å²) in [7, 11) is 0. The van der Waals surface area contributed by atoms with Crippen molar-refractivity contribution < 1.29 is 19.1 Å². The lowest BCUT2D eigenvalue weighted by Gasteiger charge is -2.27. The highest BCUT2D eigenvalue weighted by atomic mass is 35.5. The van der Waals surface area contributed by atoms with E-state index in [1.54, 1.807) is 35.2 Å². The van der Waals surface area contributed by atoms with Gasteiger partial charge in [-0.2, -0.15) is 0 Å². The number of halogens is 1. The van der Waals surface area contributed by atoms with Crippen LogP contribution in [0.5, 0.6) is 0 Å². The van der Waals surface area contributed by atoms with E-state index in [2.05, 4.69) is 0 Å². The summed E-state index contributed by atoms with van der Waals surface area (Å²) >= 11 is 6.25. The van der Waals surface area contributed by atoms with Crippen LogP contribution in [0.2, 0.25) is 5.02 Å². The number of anilines is 1. The molecule has 26 heavy (non-hydrogen) atoms. The number of nitrogens with zero attached hydrogens (tertiary/aromatic N) is 2. The van der Waals surface area contributed by atoms with Crippen molar-refractivity contribution in [3.63, 3.8) is 0 Å². The summed E-state index contributed by atoms with van der Waals surface area (Å²) in [5, 5.41) is 0.234. The van der Waals surface area contributed by atoms with Crippen molar-refractivity contribution >= 4 is 35.0 Å². The Morgan fingerprint density at radius 2 is 1.58 bits per heavy atom. The first-order chi connectivity index (χ1) is 12.6. The molecule has 0 unspecified atom stereocenters. The van der Waals surface area contributed by atoms with Crippen molar-refractivity contribution in [2.24, 2.45) is 0 Å². The third-order valence-corrected chi connectivity index (χ3v) is 4.85. The topological polar surface area (TPSA) is 66.9 Å². The minimum Gasteiger partial charge on any atom is -0.378 e. The van der Waals surface area contributed by atoms with Gasteiger partial charge in [-0.1, -0.05) is 23.7 Å². The summed E-state index contributed by atoms with van der Waals surface area (Å²) in [6, 6.07) is 11.2. The zero-order valence-corrected chi connectivity index (χ0v) is 14.5. The van der Waals surface area contributed by atoms with Crippen molar-refractivity contribution in [2.75, 3.05) is 31.2 Å². The van der Waals surface area contributed by atoms with Crippen molar-refractivity contribution in [3.8, 4) is 0 Å². The van der Waals surface area contributed by atoms with Gasteiger partial charge < -0.3 is 9.64 Å². The number of morpholine rings is 1. The number of benzene rings is 2. The van der Waals surface area contributed by atoms with Gasteiger partial charge in [0.25, 0.3) is 17.7 Å². The fourth-order valence-corrected chi connectivity index (χ4v) is 3.38. The first-order valence-corrected chi connectivity index (χ1v) is 8.60. The molecule has 2 aromatic carbocycles. The number of ether oxygens (including phenoxy) is 1. The molecule has 4 rings (SSSR count). The maximum atomic E-state index is 12.7. The van der Waals surface area contributed by atoms with Crippen LogP contribution in [0.4, 0.5) is 5.69 Å². The average molecular weight is 371 g/mol. The van der Waals surface area contributed by atoms with Crippen molar-refractivity contribution in [1.82, 2.24) is 4.90 Å². The molecule has 0 radical (unpaired) electrons. The van der Waals surface area contributed by atoms with Gasteiger partial charge in [0, 0.05) is 18.7 Å². The molecule has 0 aliphatic carbocycles. The molecule has 0 saturated carbocycles. The molecular weight excluding hydrogens is 356 g/mol. The number of amides is 3. The first kappa shape index (κ1) is 16.8. The van der Waals surface area contributed by atoms with Crippen LogP contribution < -0.4 is 4.90 Å². The summed E-state index contributed by atoms with van der Waals surface area (Å²) in [4.78, 5) is 40.8. The molecule has 0 bridgehead atoms. The molecule has 2 heterocycles. The average Bonchev–Trinajstić information content (AvgIpc) is 2.93. The monoisotopic (exact) mass is 370 g/mol. The molecule has 6 nitrogen and oxygen atoms in total. The quantitative estimate of drug-likeness (QED) is 0.762. The normalized spacial score (nSPS) is 16.8. The van der Waals surface area contributed by atoms with Gasteiger partial charge in [-0.3, -0.25) is 14.4 Å². The number of hydrogen-bond donors (Lipinski definition) is 0. The van der Waals surface area contributed by atoms with Gasteiger partial charge in [0.2, 0.25) is 0 Å². The maximum Gasteiger partial charge on any atom is 0.266 e. The Balaban J connectivity index is 1.70. The van der Waals surface area contributed by atoms with E-state index in [9.17, 15) is 14.4 Å². The second-order valence-electron chi connectivity index (χ2n) is 6.06. The SMILES string of the molecule is O=C(c1ccc(Cl)c(N2C(=O)c3ccccc3C2=O)c1)N1CCOCC1. The van der Waals surface area contributed by atoms with Crippen LogP contribution in [0.15, 0.2) is 42.5 Å². The van der Waals surface area contributed by atoms with Gasteiger partial charge >= 0.3 is 0 Å². The molecule has 0 spiro atoms. The molecule has 2 aromatic rings. The summed E-state index contributed by atoms with van der Waals surface area (Å²) in [6.45, 7) is 1.99. The third kappa shape index (κ3) is 2.67. The molecule has 132 valence electrons. The summed E-state index contributed by atoms with van der Waals surface area (Å²) in [5.74, 6) is -1.06. The van der Waals surface area contributed by atoms with Crippen LogP contribution in [0, 0.1) is 0 Å². The lowest BCUT2D eigenvalue weighted by molar-refractivity contribution is 0.0303. The molecule has 2 aliphatic rings. The predicted octanol–water partition coefficient (Wildman–Crippen LogP) is 2.61. The Morgan fingerprint density at radius 3 is 2.19 bits per heavy atom. The molecule has 7 heteroatoms. The number of imide groups is 1. The number of fused-ring (bicyclic) bond motifs is 1.